The molecule has 4 nitrogen and oxygen atoms in total. The zero-order chi connectivity index (χ0) is 11.8. The molecule has 0 radical (unpaired) electrons. The predicted octanol–water partition coefficient (Wildman–Crippen LogP) is 1.95. The molecule has 5 heteroatoms. The number of carbonyl (C=O) groups excluding carboxylic acids is 1. The van der Waals surface area contributed by atoms with Crippen LogP contribution in [0.1, 0.15) is 31.3 Å². The Labute approximate surface area is 96.0 Å². The molecular formula is C10H13BrN2O2. The Balaban J connectivity index is 3.39. The first kappa shape index (κ1) is 12.0. The van der Waals surface area contributed by atoms with Crippen LogP contribution in [-0.2, 0) is 0 Å². The molecule has 0 aliphatic rings. The Morgan fingerprint density at radius 2 is 2.00 bits per heavy atom. The maximum Gasteiger partial charge on any atom is 0.206 e. The van der Waals surface area contributed by atoms with Crippen molar-refractivity contribution in [1.82, 2.24) is 4.98 Å². The minimum atomic E-state index is -0.572. The standard InChI is InChI=1S/C10H13BrN2O2/c1-10(2,3)9(15)8-7(12)5(14)4-6(11)13-8/h4H,12H2,1-3H3,(H,13,14). The van der Waals surface area contributed by atoms with Crippen LogP contribution >= 0.6 is 15.9 Å². The van der Waals surface area contributed by atoms with E-state index in [-0.39, 0.29) is 22.6 Å². The fourth-order valence-electron chi connectivity index (χ4n) is 1.09. The predicted molar refractivity (Wildman–Crippen MR) is 63.0 cm³/mol. The third kappa shape index (κ3) is 2.47. The van der Waals surface area contributed by atoms with E-state index < -0.39 is 5.41 Å². The van der Waals surface area contributed by atoms with Crippen LogP contribution in [0, 0.1) is 5.41 Å². The molecule has 0 aliphatic carbocycles. The monoisotopic (exact) mass is 272 g/mol. The second-order valence-electron chi connectivity index (χ2n) is 4.35. The van der Waals surface area contributed by atoms with Gasteiger partial charge in [0.25, 0.3) is 0 Å². The number of hydrogen-bond acceptors (Lipinski definition) is 3. The summed E-state index contributed by atoms with van der Waals surface area (Å²) in [6.45, 7) is 5.32. The van der Waals surface area contributed by atoms with Crippen molar-refractivity contribution in [3.8, 4) is 0 Å². The molecule has 0 saturated heterocycles. The molecule has 1 rings (SSSR count). The number of aromatic nitrogens is 1. The van der Waals surface area contributed by atoms with Crippen molar-refractivity contribution >= 4 is 27.4 Å². The van der Waals surface area contributed by atoms with Crippen LogP contribution in [0.3, 0.4) is 0 Å². The normalized spacial score (nSPS) is 11.5. The molecule has 0 atom stereocenters. The minimum Gasteiger partial charge on any atom is -0.394 e. The Bertz CT molecular complexity index is 457. The quantitative estimate of drug-likeness (QED) is 0.606. The van der Waals surface area contributed by atoms with Crippen LogP contribution in [0.15, 0.2) is 15.5 Å². The maximum atomic E-state index is 11.9. The smallest absolute Gasteiger partial charge is 0.206 e. The maximum absolute atomic E-state index is 11.9. The van der Waals surface area contributed by atoms with E-state index in [0.29, 0.717) is 4.60 Å². The Morgan fingerprint density at radius 3 is 2.47 bits per heavy atom. The molecule has 0 fully saturated rings. The molecule has 0 spiro atoms. The SMILES string of the molecule is CC(C)(C)C(=O)c1[nH]c(Br)cc(=O)c1N. The number of rotatable bonds is 1. The number of ketones is 1. The highest BCUT2D eigenvalue weighted by atomic mass is 79.9. The lowest BCUT2D eigenvalue weighted by Gasteiger charge is -2.17. The van der Waals surface area contributed by atoms with Gasteiger partial charge in [-0.1, -0.05) is 20.8 Å². The molecule has 0 bridgehead atoms. The van der Waals surface area contributed by atoms with E-state index in [4.69, 9.17) is 5.73 Å². The number of aromatic amines is 1. The van der Waals surface area contributed by atoms with Gasteiger partial charge in [-0.15, -0.1) is 0 Å². The third-order valence-electron chi connectivity index (χ3n) is 1.95. The molecule has 15 heavy (non-hydrogen) atoms. The van der Waals surface area contributed by atoms with Crippen LogP contribution in [0.5, 0.6) is 0 Å². The third-order valence-corrected chi connectivity index (χ3v) is 2.37. The van der Waals surface area contributed by atoms with E-state index in [2.05, 4.69) is 20.9 Å². The summed E-state index contributed by atoms with van der Waals surface area (Å²) in [4.78, 5) is 26.1. The van der Waals surface area contributed by atoms with Gasteiger partial charge < -0.3 is 10.7 Å². The lowest BCUT2D eigenvalue weighted by Crippen LogP contribution is -2.25. The highest BCUT2D eigenvalue weighted by Crippen LogP contribution is 2.22. The first-order chi connectivity index (χ1) is 6.73. The average Bonchev–Trinajstić information content (AvgIpc) is 2.08. The average molecular weight is 273 g/mol. The van der Waals surface area contributed by atoms with Gasteiger partial charge in [0.1, 0.15) is 11.4 Å². The van der Waals surface area contributed by atoms with Gasteiger partial charge in [0.05, 0.1) is 4.60 Å². The van der Waals surface area contributed by atoms with Crippen molar-refractivity contribution in [3.63, 3.8) is 0 Å². The Morgan fingerprint density at radius 1 is 1.47 bits per heavy atom. The van der Waals surface area contributed by atoms with Gasteiger partial charge in [0.2, 0.25) is 5.43 Å². The van der Waals surface area contributed by atoms with E-state index in [1.807, 2.05) is 0 Å². The van der Waals surface area contributed by atoms with Crippen molar-refractivity contribution in [3.05, 3.63) is 26.6 Å². The summed E-state index contributed by atoms with van der Waals surface area (Å²) in [6.07, 6.45) is 0. The summed E-state index contributed by atoms with van der Waals surface area (Å²) in [5.74, 6) is -0.182. The molecule has 1 aromatic heterocycles. The van der Waals surface area contributed by atoms with E-state index in [1.165, 1.54) is 6.07 Å². The molecule has 0 aliphatic heterocycles. The molecule has 0 unspecified atom stereocenters. The van der Waals surface area contributed by atoms with E-state index in [9.17, 15) is 9.59 Å². The summed E-state index contributed by atoms with van der Waals surface area (Å²) < 4.78 is 0.453. The van der Waals surface area contributed by atoms with Gasteiger partial charge in [0.15, 0.2) is 5.78 Å². The summed E-state index contributed by atoms with van der Waals surface area (Å²) >= 11 is 3.12. The number of nitrogens with one attached hydrogen (secondary N) is 1. The second-order valence-corrected chi connectivity index (χ2v) is 5.20. The van der Waals surface area contributed by atoms with Crippen LogP contribution in [-0.4, -0.2) is 10.8 Å². The number of carbonyl (C=O) groups is 1. The number of H-pyrrole nitrogens is 1. The Kier molecular flexibility index (Phi) is 3.04. The first-order valence-electron chi connectivity index (χ1n) is 4.46. The number of anilines is 1. The molecule has 1 aromatic rings. The number of halogens is 1. The minimum absolute atomic E-state index is 0.0295. The van der Waals surface area contributed by atoms with Crippen LogP contribution in [0.25, 0.3) is 0 Å². The Hall–Kier alpha value is -1.10. The fraction of sp³-hybridized carbons (Fsp3) is 0.400. The van der Waals surface area contributed by atoms with Crippen molar-refractivity contribution in [2.24, 2.45) is 5.41 Å². The molecule has 0 saturated carbocycles. The molecule has 0 amide bonds. The number of hydrogen-bond donors (Lipinski definition) is 2. The topological polar surface area (TPSA) is 76.0 Å². The highest BCUT2D eigenvalue weighted by molar-refractivity contribution is 9.10. The number of nitrogen functional groups attached to an aromatic ring is 1. The van der Waals surface area contributed by atoms with Crippen molar-refractivity contribution < 1.29 is 4.79 Å². The summed E-state index contributed by atoms with van der Waals surface area (Å²) in [5, 5.41) is 0. The summed E-state index contributed by atoms with van der Waals surface area (Å²) in [5.41, 5.74) is 4.78. The number of Topliss-reactive ketones (excluding diaryl/α,β-unsaturated/α-hetero) is 1. The van der Waals surface area contributed by atoms with Gasteiger partial charge in [0, 0.05) is 11.5 Å². The van der Waals surface area contributed by atoms with E-state index >= 15 is 0 Å². The zero-order valence-electron chi connectivity index (χ0n) is 8.85. The van der Waals surface area contributed by atoms with E-state index in [0.717, 1.165) is 0 Å². The van der Waals surface area contributed by atoms with Crippen molar-refractivity contribution in [1.29, 1.82) is 0 Å². The van der Waals surface area contributed by atoms with Crippen LogP contribution < -0.4 is 11.2 Å². The van der Waals surface area contributed by atoms with Gasteiger partial charge in [-0.05, 0) is 15.9 Å². The summed E-state index contributed by atoms with van der Waals surface area (Å²) in [7, 11) is 0. The zero-order valence-corrected chi connectivity index (χ0v) is 10.4. The summed E-state index contributed by atoms with van der Waals surface area (Å²) in [6, 6.07) is 1.30. The molecule has 1 heterocycles. The van der Waals surface area contributed by atoms with Gasteiger partial charge in [-0.2, -0.15) is 0 Å². The van der Waals surface area contributed by atoms with Crippen LogP contribution in [0.2, 0.25) is 0 Å². The molecular weight excluding hydrogens is 260 g/mol. The number of pyridine rings is 1. The van der Waals surface area contributed by atoms with Crippen LogP contribution in [0.4, 0.5) is 5.69 Å². The second kappa shape index (κ2) is 3.81. The number of nitrogens with two attached hydrogens (primary N) is 1. The fourth-order valence-corrected chi connectivity index (χ4v) is 1.50. The molecule has 82 valence electrons. The van der Waals surface area contributed by atoms with E-state index in [1.54, 1.807) is 20.8 Å². The van der Waals surface area contributed by atoms with Gasteiger partial charge in [-0.25, -0.2) is 0 Å². The molecule has 3 N–H and O–H groups in total. The highest BCUT2D eigenvalue weighted by Gasteiger charge is 2.26. The largest absolute Gasteiger partial charge is 0.394 e. The van der Waals surface area contributed by atoms with Crippen molar-refractivity contribution in [2.75, 3.05) is 5.73 Å². The van der Waals surface area contributed by atoms with Gasteiger partial charge >= 0.3 is 0 Å². The first-order valence-corrected chi connectivity index (χ1v) is 5.26. The van der Waals surface area contributed by atoms with Crippen molar-refractivity contribution in [2.45, 2.75) is 20.8 Å². The molecule has 0 aromatic carbocycles. The van der Waals surface area contributed by atoms with Gasteiger partial charge in [-0.3, -0.25) is 9.59 Å². The lowest BCUT2D eigenvalue weighted by molar-refractivity contribution is 0.0853. The lowest BCUT2D eigenvalue weighted by atomic mass is 9.88.